The third-order valence-corrected chi connectivity index (χ3v) is 2.44. The first kappa shape index (κ1) is 11.1. The van der Waals surface area contributed by atoms with Gasteiger partial charge in [-0.25, -0.2) is 0 Å². The normalized spacial score (nSPS) is 10.6. The Balaban J connectivity index is 2.74. The molecule has 0 aromatic carbocycles. The van der Waals surface area contributed by atoms with Crippen LogP contribution in [0.25, 0.3) is 0 Å². The molecule has 0 aliphatic rings. The Bertz CT molecular complexity index is 83.6. The number of unbranched alkanes of at least 4 members (excludes halogenated alkanes) is 6. The first-order valence-electron chi connectivity index (χ1n) is 4.76. The van der Waals surface area contributed by atoms with Crippen molar-refractivity contribution in [2.75, 3.05) is 6.16 Å². The monoisotopic (exact) mass is 175 g/mol. The first-order valence-corrected chi connectivity index (χ1v) is 5.88. The van der Waals surface area contributed by atoms with Gasteiger partial charge in [0.05, 0.1) is 8.46 Å². The van der Waals surface area contributed by atoms with Gasteiger partial charge in [0, 0.05) is 6.16 Å². The number of hydrogen-bond acceptors (Lipinski definition) is 1. The molecule has 0 amide bonds. The lowest BCUT2D eigenvalue weighted by Gasteiger charge is -1.97. The molecule has 11 heavy (non-hydrogen) atoms. The van der Waals surface area contributed by atoms with Gasteiger partial charge in [-0.2, -0.15) is 0 Å². The molecular weight excluding hydrogens is 155 g/mol. The summed E-state index contributed by atoms with van der Waals surface area (Å²) in [6, 6.07) is 0. The molecule has 0 fully saturated rings. The molecule has 0 bridgehead atoms. The van der Waals surface area contributed by atoms with Crippen LogP contribution in [0.4, 0.5) is 0 Å². The molecule has 0 rings (SSSR count). The van der Waals surface area contributed by atoms with E-state index < -0.39 is 0 Å². The van der Waals surface area contributed by atoms with E-state index >= 15 is 0 Å². The van der Waals surface area contributed by atoms with E-state index in [1.165, 1.54) is 38.5 Å². The molecule has 0 heterocycles. The predicted molar refractivity (Wildman–Crippen MR) is 51.9 cm³/mol. The summed E-state index contributed by atoms with van der Waals surface area (Å²) >= 11 is 0. The summed E-state index contributed by atoms with van der Waals surface area (Å²) in [4.78, 5) is 0. The molecule has 0 aliphatic carbocycles. The molecule has 1 nitrogen and oxygen atoms in total. The fraction of sp³-hybridized carbons (Fsp3) is 1.00. The Morgan fingerprint density at radius 2 is 1.45 bits per heavy atom. The van der Waals surface area contributed by atoms with Crippen LogP contribution in [-0.4, -0.2) is 6.16 Å². The summed E-state index contributed by atoms with van der Waals surface area (Å²) < 4.78 is 10.1. The molecule has 1 radical (unpaired) electrons. The van der Waals surface area contributed by atoms with Crippen LogP contribution in [0, 0.1) is 0 Å². The molecule has 0 spiro atoms. The molecule has 1 unspecified atom stereocenters. The third-order valence-electron chi connectivity index (χ3n) is 1.88. The maximum Gasteiger partial charge on any atom is 0.0581 e. The van der Waals surface area contributed by atoms with Gasteiger partial charge in [-0.15, -0.1) is 0 Å². The van der Waals surface area contributed by atoms with E-state index in [0.29, 0.717) is 0 Å². The van der Waals surface area contributed by atoms with Crippen LogP contribution in [0.5, 0.6) is 0 Å². The van der Waals surface area contributed by atoms with Crippen molar-refractivity contribution in [3.05, 3.63) is 0 Å². The standard InChI is InChI=1S/C9H20OP/c1-2-3-4-5-6-7-8-9-11-10/h11H,2-9H2,1H3. The highest BCUT2D eigenvalue weighted by atomic mass is 31.1. The topological polar surface area (TPSA) is 17.1 Å². The van der Waals surface area contributed by atoms with Crippen LogP contribution in [-0.2, 0) is 4.57 Å². The van der Waals surface area contributed by atoms with Gasteiger partial charge >= 0.3 is 0 Å². The molecule has 0 saturated carbocycles. The van der Waals surface area contributed by atoms with Crippen molar-refractivity contribution in [1.82, 2.24) is 0 Å². The van der Waals surface area contributed by atoms with Crippen molar-refractivity contribution in [3.63, 3.8) is 0 Å². The van der Waals surface area contributed by atoms with Crippen molar-refractivity contribution in [1.29, 1.82) is 0 Å². The largest absolute Gasteiger partial charge is 0.291 e. The molecule has 1 atom stereocenters. The van der Waals surface area contributed by atoms with Crippen molar-refractivity contribution < 1.29 is 4.57 Å². The van der Waals surface area contributed by atoms with Gasteiger partial charge in [-0.1, -0.05) is 45.4 Å². The Labute approximate surface area is 71.8 Å². The number of hydrogen-bond donors (Lipinski definition) is 0. The van der Waals surface area contributed by atoms with E-state index in [1.807, 2.05) is 0 Å². The quantitative estimate of drug-likeness (QED) is 0.405. The predicted octanol–water partition coefficient (Wildman–Crippen LogP) is 3.76. The van der Waals surface area contributed by atoms with Gasteiger partial charge in [0.1, 0.15) is 0 Å². The van der Waals surface area contributed by atoms with Gasteiger partial charge in [-0.3, -0.25) is 4.57 Å². The van der Waals surface area contributed by atoms with Crippen molar-refractivity contribution >= 4 is 8.46 Å². The van der Waals surface area contributed by atoms with Crippen molar-refractivity contribution in [2.24, 2.45) is 0 Å². The molecule has 0 N–H and O–H groups in total. The second kappa shape index (κ2) is 10.1. The molecule has 67 valence electrons. The van der Waals surface area contributed by atoms with E-state index in [1.54, 1.807) is 0 Å². The fourth-order valence-corrected chi connectivity index (χ4v) is 1.55. The smallest absolute Gasteiger partial charge is 0.0581 e. The molecule has 0 aromatic heterocycles. The lowest BCUT2D eigenvalue weighted by atomic mass is 10.1. The third kappa shape index (κ3) is 10.1. The Morgan fingerprint density at radius 1 is 0.909 bits per heavy atom. The Hall–Kier alpha value is 0.100. The lowest BCUT2D eigenvalue weighted by Crippen LogP contribution is -1.79. The summed E-state index contributed by atoms with van der Waals surface area (Å²) in [6.45, 7) is 2.23. The molecule has 2 heteroatoms. The van der Waals surface area contributed by atoms with Gasteiger partial charge in [-0.05, 0) is 6.42 Å². The summed E-state index contributed by atoms with van der Waals surface area (Å²) in [5.41, 5.74) is 0. The second-order valence-electron chi connectivity index (χ2n) is 3.02. The fourth-order valence-electron chi connectivity index (χ4n) is 1.15. The van der Waals surface area contributed by atoms with Crippen LogP contribution in [0.1, 0.15) is 51.9 Å². The second-order valence-corrected chi connectivity index (χ2v) is 3.80. The van der Waals surface area contributed by atoms with Crippen LogP contribution in [0.15, 0.2) is 0 Å². The SMILES string of the molecule is CCCCCCCCC[PH]=O. The minimum atomic E-state index is -0.0800. The van der Waals surface area contributed by atoms with E-state index in [4.69, 9.17) is 0 Å². The molecule has 0 aromatic rings. The van der Waals surface area contributed by atoms with Crippen LogP contribution in [0.3, 0.4) is 0 Å². The van der Waals surface area contributed by atoms with E-state index in [-0.39, 0.29) is 8.46 Å². The average Bonchev–Trinajstić information content (AvgIpc) is 2.03. The highest BCUT2D eigenvalue weighted by Gasteiger charge is 1.89. The van der Waals surface area contributed by atoms with E-state index in [2.05, 4.69) is 6.92 Å². The van der Waals surface area contributed by atoms with Gasteiger partial charge in [0.15, 0.2) is 0 Å². The summed E-state index contributed by atoms with van der Waals surface area (Å²) in [5.74, 6) is 0. The number of rotatable bonds is 8. The molecule has 0 saturated heterocycles. The van der Waals surface area contributed by atoms with Gasteiger partial charge in [0.2, 0.25) is 0 Å². The van der Waals surface area contributed by atoms with E-state index in [9.17, 15) is 4.57 Å². The molecular formula is C9H20OP. The zero-order valence-corrected chi connectivity index (χ0v) is 8.57. The van der Waals surface area contributed by atoms with Gasteiger partial charge in [0.25, 0.3) is 0 Å². The van der Waals surface area contributed by atoms with Crippen molar-refractivity contribution in [2.45, 2.75) is 51.9 Å². The minimum Gasteiger partial charge on any atom is -0.291 e. The highest BCUT2D eigenvalue weighted by Crippen LogP contribution is 2.08. The Kier molecular flexibility index (Phi) is 10.2. The summed E-state index contributed by atoms with van der Waals surface area (Å²) in [5, 5.41) is 0. The maximum absolute atomic E-state index is 10.1. The van der Waals surface area contributed by atoms with Gasteiger partial charge < -0.3 is 0 Å². The lowest BCUT2D eigenvalue weighted by molar-refractivity contribution is 0.586. The minimum absolute atomic E-state index is 0.0800. The van der Waals surface area contributed by atoms with Crippen LogP contribution in [0.2, 0.25) is 0 Å². The molecule has 0 aliphatic heterocycles. The average molecular weight is 175 g/mol. The summed E-state index contributed by atoms with van der Waals surface area (Å²) in [6.07, 6.45) is 10.1. The zero-order chi connectivity index (χ0) is 8.36. The van der Waals surface area contributed by atoms with E-state index in [0.717, 1.165) is 12.6 Å². The van der Waals surface area contributed by atoms with Crippen molar-refractivity contribution in [3.8, 4) is 0 Å². The Morgan fingerprint density at radius 3 is 2.00 bits per heavy atom. The van der Waals surface area contributed by atoms with Crippen LogP contribution < -0.4 is 0 Å². The first-order chi connectivity index (χ1) is 5.41. The zero-order valence-electron chi connectivity index (χ0n) is 7.57. The summed E-state index contributed by atoms with van der Waals surface area (Å²) in [7, 11) is -0.0800. The van der Waals surface area contributed by atoms with Crippen LogP contribution >= 0.6 is 8.46 Å². The maximum atomic E-state index is 10.1. The highest BCUT2D eigenvalue weighted by molar-refractivity contribution is 7.23.